The molecule has 0 bridgehead atoms. The summed E-state index contributed by atoms with van der Waals surface area (Å²) in [7, 11) is 0. The van der Waals surface area contributed by atoms with Gasteiger partial charge in [-0.15, -0.1) is 0 Å². The second-order valence-corrected chi connectivity index (χ2v) is 18.8. The average Bonchev–Trinajstić information content (AvgIpc) is 3.59. The molecule has 19 heteroatoms. The molecule has 318 valence electrons. The summed E-state index contributed by atoms with van der Waals surface area (Å²) in [5.74, 6) is -2.23. The molecule has 5 heterocycles. The Hall–Kier alpha value is -4.65. The zero-order valence-corrected chi connectivity index (χ0v) is 34.3. The van der Waals surface area contributed by atoms with Crippen molar-refractivity contribution in [3.05, 3.63) is 35.4 Å². The molecule has 12 nitrogen and oxygen atoms in total. The lowest BCUT2D eigenvalue weighted by Crippen LogP contribution is -2.62. The molecule has 0 spiro atoms. The Morgan fingerprint density at radius 3 is 2.34 bits per heavy atom. The van der Waals surface area contributed by atoms with Crippen molar-refractivity contribution in [1.82, 2.24) is 24.8 Å². The summed E-state index contributed by atoms with van der Waals surface area (Å²) in [5.41, 5.74) is -5.82. The number of anilines is 2. The van der Waals surface area contributed by atoms with Gasteiger partial charge in [-0.25, -0.2) is 27.7 Å². The maximum atomic E-state index is 17.4. The van der Waals surface area contributed by atoms with Crippen LogP contribution in [0.5, 0.6) is 6.01 Å². The van der Waals surface area contributed by atoms with Gasteiger partial charge in [-0.05, 0) is 92.0 Å². The molecule has 1 aliphatic carbocycles. The molecule has 59 heavy (non-hydrogen) atoms. The van der Waals surface area contributed by atoms with Gasteiger partial charge in [-0.3, -0.25) is 10.2 Å². The van der Waals surface area contributed by atoms with Crippen molar-refractivity contribution in [1.29, 1.82) is 0 Å². The van der Waals surface area contributed by atoms with Crippen molar-refractivity contribution in [2.24, 2.45) is 0 Å². The van der Waals surface area contributed by atoms with Crippen molar-refractivity contribution >= 4 is 55.6 Å². The average molecular weight is 850 g/mol. The summed E-state index contributed by atoms with van der Waals surface area (Å²) in [4.78, 5) is 44.1. The first kappa shape index (κ1) is 41.1. The van der Waals surface area contributed by atoms with E-state index in [2.05, 4.69) is 20.3 Å². The van der Waals surface area contributed by atoms with Gasteiger partial charge in [0.25, 0.3) is 0 Å². The first-order chi connectivity index (χ1) is 27.6. The third-order valence-electron chi connectivity index (χ3n) is 10.9. The van der Waals surface area contributed by atoms with Crippen LogP contribution in [0.3, 0.4) is 0 Å². The molecule has 2 atom stereocenters. The van der Waals surface area contributed by atoms with E-state index in [1.807, 2.05) is 9.80 Å². The number of nitrogens with zero attached hydrogens (tertiary/aromatic N) is 6. The number of fused-ring (bicyclic) bond motifs is 3. The predicted molar refractivity (Wildman–Crippen MR) is 209 cm³/mol. The van der Waals surface area contributed by atoms with Crippen LogP contribution in [0.15, 0.2) is 18.2 Å². The van der Waals surface area contributed by atoms with Crippen LogP contribution in [0.1, 0.15) is 79.2 Å². The third-order valence-corrected chi connectivity index (χ3v) is 11.9. The normalized spacial score (nSPS) is 21.5. The van der Waals surface area contributed by atoms with Gasteiger partial charge in [0.1, 0.15) is 41.1 Å². The molecule has 8 rings (SSSR count). The predicted octanol–water partition coefficient (Wildman–Crippen LogP) is 9.09. The minimum Gasteiger partial charge on any atom is -0.461 e. The SMILES string of the molecule is CC(C)(C)OC(=O)Nc1nc2c(-c3c(C(F)(F)F)cc4c(N(C5CC5)C5CN(C(=O)OC(C)(C)C)C5)nc(OC[C@]56CCCN5C[C@H](F)C6)nc4c3F)ccc(F)c2s1. The number of carbonyl (C=O) groups excluding carboxylic acids is 2. The lowest BCUT2D eigenvalue weighted by atomic mass is 9.94. The fraction of sp³-hybridized carbons (Fsp3) is 0.575. The molecule has 2 aromatic heterocycles. The number of amides is 2. The van der Waals surface area contributed by atoms with E-state index in [4.69, 9.17) is 14.2 Å². The number of halogens is 6. The Kier molecular flexibility index (Phi) is 10.1. The van der Waals surface area contributed by atoms with Crippen LogP contribution < -0.4 is 15.0 Å². The van der Waals surface area contributed by atoms with Gasteiger partial charge in [0.05, 0.1) is 27.4 Å². The van der Waals surface area contributed by atoms with E-state index >= 15 is 22.0 Å². The molecule has 1 saturated carbocycles. The van der Waals surface area contributed by atoms with E-state index in [1.54, 1.807) is 41.5 Å². The van der Waals surface area contributed by atoms with Crippen LogP contribution >= 0.6 is 11.3 Å². The molecule has 1 N–H and O–H groups in total. The quantitative estimate of drug-likeness (QED) is 0.172. The number of nitrogens with one attached hydrogen (secondary N) is 1. The third kappa shape index (κ3) is 8.15. The molecule has 0 unspecified atom stereocenters. The Morgan fingerprint density at radius 1 is 0.966 bits per heavy atom. The number of ether oxygens (including phenoxy) is 3. The zero-order valence-electron chi connectivity index (χ0n) is 33.4. The molecule has 2 amide bonds. The Bertz CT molecular complexity index is 2320. The summed E-state index contributed by atoms with van der Waals surface area (Å²) in [5, 5.41) is 1.96. The maximum Gasteiger partial charge on any atom is 0.417 e. The van der Waals surface area contributed by atoms with E-state index in [-0.39, 0.29) is 71.3 Å². The van der Waals surface area contributed by atoms with Gasteiger partial charge < -0.3 is 24.0 Å². The first-order valence-electron chi connectivity index (χ1n) is 19.6. The number of carbonyl (C=O) groups is 2. The maximum absolute atomic E-state index is 17.4. The van der Waals surface area contributed by atoms with E-state index in [0.29, 0.717) is 37.1 Å². The number of thiazole rings is 1. The molecule has 4 fully saturated rings. The van der Waals surface area contributed by atoms with E-state index in [1.165, 1.54) is 4.90 Å². The molecular formula is C40H45F6N7O5S. The highest BCUT2D eigenvalue weighted by Gasteiger charge is 2.50. The Morgan fingerprint density at radius 2 is 1.68 bits per heavy atom. The minimum atomic E-state index is -5.14. The number of aromatic nitrogens is 3. The minimum absolute atomic E-state index is 0.00499. The number of rotatable bonds is 8. The number of alkyl halides is 4. The molecular weight excluding hydrogens is 805 g/mol. The van der Waals surface area contributed by atoms with Crippen molar-refractivity contribution in [3.8, 4) is 17.1 Å². The fourth-order valence-electron chi connectivity index (χ4n) is 8.31. The number of benzene rings is 2. The smallest absolute Gasteiger partial charge is 0.417 e. The second-order valence-electron chi connectivity index (χ2n) is 17.8. The van der Waals surface area contributed by atoms with Crippen LogP contribution in [0.4, 0.5) is 46.9 Å². The largest absolute Gasteiger partial charge is 0.461 e. The summed E-state index contributed by atoms with van der Waals surface area (Å²) in [6, 6.07) is 1.80. The van der Waals surface area contributed by atoms with Crippen LogP contribution in [0.2, 0.25) is 0 Å². The Balaban J connectivity index is 1.26. The molecule has 4 aliphatic rings. The molecule has 0 radical (unpaired) electrons. The number of hydrogen-bond acceptors (Lipinski definition) is 11. The van der Waals surface area contributed by atoms with Gasteiger partial charge in [-0.1, -0.05) is 11.3 Å². The summed E-state index contributed by atoms with van der Waals surface area (Å²) in [6.45, 7) is 11.3. The standard InChI is InChI=1S/C40H45F6N7O5S/c1-37(2,3)57-35(54)50-34-48-30-23(10-11-26(42)31(30)59-34)27-25(40(44,45)46)14-24-29(28(27)43)47-33(56-19-39-12-7-13-52(39)16-20(41)15-39)49-32(24)53(21-8-9-21)22-17-51(18-22)36(55)58-38(4,5)6/h10-11,14,20-22H,7-9,12-13,15-19H2,1-6H3,(H,48,50,54)/t20-,39-/m1/s1. The van der Waals surface area contributed by atoms with E-state index in [9.17, 15) is 14.0 Å². The van der Waals surface area contributed by atoms with Gasteiger partial charge in [0.2, 0.25) is 0 Å². The topological polar surface area (TPSA) is 122 Å². The number of likely N-dealkylation sites (tertiary alicyclic amines) is 1. The summed E-state index contributed by atoms with van der Waals surface area (Å²) >= 11 is 0.650. The van der Waals surface area contributed by atoms with Crippen molar-refractivity contribution in [3.63, 3.8) is 0 Å². The van der Waals surface area contributed by atoms with Crippen molar-refractivity contribution < 1.29 is 50.1 Å². The van der Waals surface area contributed by atoms with E-state index in [0.717, 1.165) is 24.6 Å². The monoisotopic (exact) mass is 849 g/mol. The highest BCUT2D eigenvalue weighted by molar-refractivity contribution is 7.22. The summed E-state index contributed by atoms with van der Waals surface area (Å²) in [6.07, 6.45) is -4.65. The summed E-state index contributed by atoms with van der Waals surface area (Å²) < 4.78 is 110. The Labute approximate surface area is 340 Å². The molecule has 2 aromatic carbocycles. The van der Waals surface area contributed by atoms with Gasteiger partial charge >= 0.3 is 24.4 Å². The molecule has 3 saturated heterocycles. The van der Waals surface area contributed by atoms with Gasteiger partial charge in [0.15, 0.2) is 10.9 Å². The molecule has 3 aliphatic heterocycles. The van der Waals surface area contributed by atoms with Crippen LogP contribution in [-0.2, 0) is 15.7 Å². The lowest BCUT2D eigenvalue weighted by molar-refractivity contribution is -0.137. The zero-order chi connectivity index (χ0) is 42.4. The second kappa shape index (κ2) is 14.5. The fourth-order valence-corrected chi connectivity index (χ4v) is 9.19. The van der Waals surface area contributed by atoms with Crippen LogP contribution in [0, 0.1) is 11.6 Å². The van der Waals surface area contributed by atoms with Crippen LogP contribution in [0.25, 0.3) is 32.2 Å². The number of hydrogen-bond donors (Lipinski definition) is 1. The highest BCUT2D eigenvalue weighted by Crippen LogP contribution is 2.48. The highest BCUT2D eigenvalue weighted by atomic mass is 32.1. The van der Waals surface area contributed by atoms with E-state index < -0.39 is 81.2 Å². The van der Waals surface area contributed by atoms with Gasteiger partial charge in [-0.2, -0.15) is 23.1 Å². The lowest BCUT2D eigenvalue weighted by Gasteiger charge is -2.46. The van der Waals surface area contributed by atoms with Gasteiger partial charge in [0, 0.05) is 48.6 Å². The van der Waals surface area contributed by atoms with Crippen LogP contribution in [-0.4, -0.2) is 105 Å². The first-order valence-corrected chi connectivity index (χ1v) is 20.4. The molecule has 4 aromatic rings. The van der Waals surface area contributed by atoms with Crippen molar-refractivity contribution in [2.75, 3.05) is 43.0 Å². The van der Waals surface area contributed by atoms with Crippen molar-refractivity contribution in [2.45, 2.75) is 115 Å².